The van der Waals surface area contributed by atoms with Gasteiger partial charge in [0.05, 0.1) is 10.0 Å². The maximum atomic E-state index is 11.5. The highest BCUT2D eigenvalue weighted by molar-refractivity contribution is 6.42. The molecule has 1 amide bonds. The fourth-order valence-electron chi connectivity index (χ4n) is 1.19. The van der Waals surface area contributed by atoms with Crippen LogP contribution >= 0.6 is 23.2 Å². The minimum absolute atomic E-state index is 0.205. The third-order valence-corrected chi connectivity index (χ3v) is 2.80. The lowest BCUT2D eigenvalue weighted by atomic mass is 10.2. The van der Waals surface area contributed by atoms with Crippen molar-refractivity contribution in [2.24, 2.45) is 0 Å². The number of carboxylic acids is 1. The summed E-state index contributed by atoms with van der Waals surface area (Å²) >= 11 is 11.5. The van der Waals surface area contributed by atoms with Crippen molar-refractivity contribution in [3.8, 4) is 0 Å². The van der Waals surface area contributed by atoms with Gasteiger partial charge in [0.25, 0.3) is 0 Å². The van der Waals surface area contributed by atoms with E-state index in [0.29, 0.717) is 10.7 Å². The first-order valence-electron chi connectivity index (χ1n) is 5.12. The monoisotopic (exact) mass is 303 g/mol. The number of benzene rings is 1. The molecule has 19 heavy (non-hydrogen) atoms. The Balaban J connectivity index is 2.71. The molecule has 0 fully saturated rings. The molecule has 1 aromatic rings. The van der Waals surface area contributed by atoms with Crippen molar-refractivity contribution in [2.75, 3.05) is 5.32 Å². The van der Waals surface area contributed by atoms with Gasteiger partial charge in [-0.25, -0.2) is 9.59 Å². The van der Waals surface area contributed by atoms with Crippen molar-refractivity contribution in [3.05, 3.63) is 40.4 Å². The normalized spacial score (nSPS) is 11.5. The van der Waals surface area contributed by atoms with Crippen LogP contribution in [0, 0.1) is 0 Å². The molecule has 0 saturated carbocycles. The number of ether oxygens (including phenoxy) is 1. The Hall–Kier alpha value is -1.72. The average Bonchev–Trinajstić information content (AvgIpc) is 2.30. The molecule has 0 heterocycles. The van der Waals surface area contributed by atoms with Crippen LogP contribution in [-0.2, 0) is 9.53 Å². The molecular formula is C12H11Cl2NO4. The second-order valence-electron chi connectivity index (χ2n) is 3.72. The number of hydrogen-bond acceptors (Lipinski definition) is 3. The van der Waals surface area contributed by atoms with Crippen LogP contribution in [0.15, 0.2) is 30.4 Å². The van der Waals surface area contributed by atoms with Crippen molar-refractivity contribution in [2.45, 2.75) is 13.0 Å². The second-order valence-corrected chi connectivity index (χ2v) is 4.54. The molecule has 1 rings (SSSR count). The van der Waals surface area contributed by atoms with E-state index in [-0.39, 0.29) is 10.6 Å². The molecule has 0 aromatic heterocycles. The minimum atomic E-state index is -1.40. The fourth-order valence-corrected chi connectivity index (χ4v) is 1.49. The van der Waals surface area contributed by atoms with Crippen molar-refractivity contribution < 1.29 is 19.4 Å². The zero-order chi connectivity index (χ0) is 14.6. The average molecular weight is 304 g/mol. The van der Waals surface area contributed by atoms with Crippen LogP contribution in [0.5, 0.6) is 0 Å². The Kier molecular flexibility index (Phi) is 5.20. The van der Waals surface area contributed by atoms with Crippen LogP contribution in [0.4, 0.5) is 10.5 Å². The Bertz CT molecular complexity index is 516. The Morgan fingerprint density at radius 3 is 2.47 bits per heavy atom. The smallest absolute Gasteiger partial charge is 0.412 e. The first-order valence-corrected chi connectivity index (χ1v) is 5.87. The van der Waals surface area contributed by atoms with Gasteiger partial charge in [0.15, 0.2) is 0 Å². The second kappa shape index (κ2) is 6.45. The number of carbonyl (C=O) groups is 2. The van der Waals surface area contributed by atoms with Crippen LogP contribution in [0.2, 0.25) is 10.0 Å². The molecule has 1 aromatic carbocycles. The van der Waals surface area contributed by atoms with Gasteiger partial charge in [-0.15, -0.1) is 0 Å². The van der Waals surface area contributed by atoms with E-state index < -0.39 is 18.2 Å². The zero-order valence-electron chi connectivity index (χ0n) is 9.94. The number of anilines is 1. The summed E-state index contributed by atoms with van der Waals surface area (Å²) < 4.78 is 4.72. The largest absolute Gasteiger partial charge is 0.478 e. The van der Waals surface area contributed by atoms with Gasteiger partial charge in [0.2, 0.25) is 6.10 Å². The van der Waals surface area contributed by atoms with Gasteiger partial charge in [0, 0.05) is 5.69 Å². The van der Waals surface area contributed by atoms with Crippen LogP contribution in [0.1, 0.15) is 6.92 Å². The lowest BCUT2D eigenvalue weighted by Crippen LogP contribution is -2.30. The maximum Gasteiger partial charge on any atom is 0.412 e. The molecule has 0 aliphatic carbocycles. The molecule has 5 nitrogen and oxygen atoms in total. The highest BCUT2D eigenvalue weighted by Crippen LogP contribution is 2.25. The lowest BCUT2D eigenvalue weighted by Gasteiger charge is -2.14. The molecule has 0 aliphatic rings. The summed E-state index contributed by atoms with van der Waals surface area (Å²) in [7, 11) is 0. The first-order chi connectivity index (χ1) is 8.81. The first kappa shape index (κ1) is 15.3. The van der Waals surface area contributed by atoms with Gasteiger partial charge in [-0.1, -0.05) is 29.8 Å². The number of nitrogens with one attached hydrogen (secondary N) is 1. The molecule has 0 bridgehead atoms. The van der Waals surface area contributed by atoms with Crippen LogP contribution in [-0.4, -0.2) is 23.3 Å². The maximum absolute atomic E-state index is 11.5. The van der Waals surface area contributed by atoms with Crippen LogP contribution < -0.4 is 5.32 Å². The van der Waals surface area contributed by atoms with Gasteiger partial charge in [-0.3, -0.25) is 5.32 Å². The number of hydrogen-bond donors (Lipinski definition) is 2. The van der Waals surface area contributed by atoms with E-state index in [4.69, 9.17) is 33.0 Å². The number of aliphatic carboxylic acids is 1. The summed E-state index contributed by atoms with van der Waals surface area (Å²) in [4.78, 5) is 22.3. The van der Waals surface area contributed by atoms with E-state index in [1.54, 1.807) is 0 Å². The molecule has 7 heteroatoms. The molecule has 1 unspecified atom stereocenters. The summed E-state index contributed by atoms with van der Waals surface area (Å²) in [6, 6.07) is 4.42. The summed E-state index contributed by atoms with van der Waals surface area (Å²) in [5.74, 6) is -1.29. The topological polar surface area (TPSA) is 75.6 Å². The summed E-state index contributed by atoms with van der Waals surface area (Å²) in [5.41, 5.74) is 0.544. The van der Waals surface area contributed by atoms with E-state index in [1.165, 1.54) is 25.1 Å². The molecular weight excluding hydrogens is 293 g/mol. The van der Waals surface area contributed by atoms with Gasteiger partial charge < -0.3 is 9.84 Å². The van der Waals surface area contributed by atoms with E-state index in [0.717, 1.165) is 0 Å². The highest BCUT2D eigenvalue weighted by atomic mass is 35.5. The number of carboxylic acid groups (broad SMARTS) is 1. The van der Waals surface area contributed by atoms with Crippen LogP contribution in [0.25, 0.3) is 0 Å². The zero-order valence-corrected chi connectivity index (χ0v) is 11.5. The fraction of sp³-hybridized carbons (Fsp3) is 0.167. The SMILES string of the molecule is C=C(C)C(OC(=O)Nc1ccc(Cl)c(Cl)c1)C(=O)O. The number of halogens is 2. The standard InChI is InChI=1S/C12H11Cl2NO4/c1-6(2)10(11(16)17)19-12(18)15-7-3-4-8(13)9(14)5-7/h3-5,10H,1H2,2H3,(H,15,18)(H,16,17). The van der Waals surface area contributed by atoms with Crippen molar-refractivity contribution in [3.63, 3.8) is 0 Å². The Morgan fingerprint density at radius 1 is 1.37 bits per heavy atom. The van der Waals surface area contributed by atoms with Gasteiger partial charge in [-0.2, -0.15) is 0 Å². The molecule has 102 valence electrons. The summed E-state index contributed by atoms with van der Waals surface area (Å²) in [6.45, 7) is 4.89. The summed E-state index contributed by atoms with van der Waals surface area (Å²) in [6.07, 6.45) is -2.32. The molecule has 0 radical (unpaired) electrons. The predicted molar refractivity (Wildman–Crippen MR) is 72.8 cm³/mol. The van der Waals surface area contributed by atoms with E-state index in [2.05, 4.69) is 11.9 Å². The van der Waals surface area contributed by atoms with Gasteiger partial charge >= 0.3 is 12.1 Å². The molecule has 0 spiro atoms. The van der Waals surface area contributed by atoms with Crippen LogP contribution in [0.3, 0.4) is 0 Å². The number of carbonyl (C=O) groups excluding carboxylic acids is 1. The Morgan fingerprint density at radius 2 is 2.00 bits per heavy atom. The number of rotatable bonds is 4. The molecule has 1 atom stereocenters. The summed E-state index contributed by atoms with van der Waals surface area (Å²) in [5, 5.41) is 11.8. The number of amides is 1. The van der Waals surface area contributed by atoms with Gasteiger partial charge in [-0.05, 0) is 30.7 Å². The Labute approximate surface area is 119 Å². The molecule has 2 N–H and O–H groups in total. The van der Waals surface area contributed by atoms with Crippen molar-refractivity contribution in [1.82, 2.24) is 0 Å². The third-order valence-electron chi connectivity index (χ3n) is 2.06. The van der Waals surface area contributed by atoms with E-state index in [9.17, 15) is 9.59 Å². The van der Waals surface area contributed by atoms with E-state index in [1.807, 2.05) is 0 Å². The highest BCUT2D eigenvalue weighted by Gasteiger charge is 2.22. The predicted octanol–water partition coefficient (Wildman–Crippen LogP) is 3.57. The third kappa shape index (κ3) is 4.46. The quantitative estimate of drug-likeness (QED) is 0.834. The molecule has 0 saturated heterocycles. The van der Waals surface area contributed by atoms with Gasteiger partial charge in [0.1, 0.15) is 0 Å². The molecule has 0 aliphatic heterocycles. The van der Waals surface area contributed by atoms with Crippen molar-refractivity contribution >= 4 is 41.0 Å². The lowest BCUT2D eigenvalue weighted by molar-refractivity contribution is -0.144. The van der Waals surface area contributed by atoms with E-state index >= 15 is 0 Å². The minimum Gasteiger partial charge on any atom is -0.478 e. The van der Waals surface area contributed by atoms with Crippen molar-refractivity contribution in [1.29, 1.82) is 0 Å².